The minimum Gasteiger partial charge on any atom is -0.494 e. The smallest absolute Gasteiger partial charge is 0.191 e. The second kappa shape index (κ2) is 13.2. The molecule has 0 atom stereocenters. The topological polar surface area (TPSA) is 48.9 Å². The Balaban J connectivity index is 0.00000364. The first kappa shape index (κ1) is 24.0. The highest BCUT2D eigenvalue weighted by Gasteiger charge is 2.21. The largest absolute Gasteiger partial charge is 0.494 e. The van der Waals surface area contributed by atoms with Crippen LogP contribution >= 0.6 is 24.0 Å². The molecule has 0 aromatic heterocycles. The van der Waals surface area contributed by atoms with Crippen molar-refractivity contribution >= 4 is 29.9 Å². The van der Waals surface area contributed by atoms with Crippen molar-refractivity contribution in [2.24, 2.45) is 4.99 Å². The molecular weight excluding hydrogens is 451 g/mol. The molecule has 1 fully saturated rings. The van der Waals surface area contributed by atoms with Crippen LogP contribution in [-0.4, -0.2) is 49.7 Å². The number of piperidine rings is 1. The maximum Gasteiger partial charge on any atom is 0.191 e. The van der Waals surface area contributed by atoms with Gasteiger partial charge >= 0.3 is 0 Å². The molecule has 27 heavy (non-hydrogen) atoms. The average Bonchev–Trinajstić information content (AvgIpc) is 2.66. The third kappa shape index (κ3) is 8.68. The maximum absolute atomic E-state index is 5.79. The number of hydrogen-bond donors (Lipinski definition) is 2. The lowest BCUT2D eigenvalue weighted by atomic mass is 10.0. The summed E-state index contributed by atoms with van der Waals surface area (Å²) in [5, 5.41) is 7.00. The summed E-state index contributed by atoms with van der Waals surface area (Å²) in [6.07, 6.45) is 4.58. The minimum absolute atomic E-state index is 0. The summed E-state index contributed by atoms with van der Waals surface area (Å²) < 4.78 is 5.79. The van der Waals surface area contributed by atoms with Crippen LogP contribution < -0.4 is 15.4 Å². The first-order valence-corrected chi connectivity index (χ1v) is 10.0. The third-order valence-electron chi connectivity index (χ3n) is 4.95. The van der Waals surface area contributed by atoms with Crippen molar-refractivity contribution in [1.82, 2.24) is 15.5 Å². The zero-order valence-corrected chi connectivity index (χ0v) is 19.7. The van der Waals surface area contributed by atoms with Crippen LogP contribution in [0.2, 0.25) is 0 Å². The van der Waals surface area contributed by atoms with E-state index in [-0.39, 0.29) is 24.0 Å². The van der Waals surface area contributed by atoms with Crippen molar-refractivity contribution in [2.45, 2.75) is 65.1 Å². The number of halogens is 1. The second-order valence-electron chi connectivity index (χ2n) is 7.32. The summed E-state index contributed by atoms with van der Waals surface area (Å²) in [6, 6.07) is 9.44. The number of nitrogens with one attached hydrogen (secondary N) is 2. The summed E-state index contributed by atoms with van der Waals surface area (Å²) in [7, 11) is 1.84. The van der Waals surface area contributed by atoms with Crippen LogP contribution in [0, 0.1) is 0 Å². The summed E-state index contributed by atoms with van der Waals surface area (Å²) in [5.41, 5.74) is 1.21. The molecule has 154 valence electrons. The Hall–Kier alpha value is -1.02. The first-order chi connectivity index (χ1) is 12.6. The van der Waals surface area contributed by atoms with Gasteiger partial charge in [-0.05, 0) is 50.8 Å². The standard InChI is InChI=1S/C21H36N4O.HI/c1-5-6-14-26-20-9-7-8-18(15-20)16-23-21(22-4)24-19-10-12-25(13-11-19)17(2)3;/h7-9,15,17,19H,5-6,10-14,16H2,1-4H3,(H2,22,23,24);1H. The van der Waals surface area contributed by atoms with Crippen LogP contribution in [0.5, 0.6) is 5.75 Å². The molecule has 1 aliphatic heterocycles. The van der Waals surface area contributed by atoms with E-state index in [1.54, 1.807) is 0 Å². The van der Waals surface area contributed by atoms with Crippen LogP contribution in [0.1, 0.15) is 52.0 Å². The van der Waals surface area contributed by atoms with Gasteiger partial charge in [0.2, 0.25) is 0 Å². The summed E-state index contributed by atoms with van der Waals surface area (Å²) >= 11 is 0. The summed E-state index contributed by atoms with van der Waals surface area (Å²) in [5.74, 6) is 1.83. The molecule has 0 saturated carbocycles. The fraction of sp³-hybridized carbons (Fsp3) is 0.667. The molecule has 0 spiro atoms. The number of guanidine groups is 1. The van der Waals surface area contributed by atoms with Gasteiger partial charge in [0.15, 0.2) is 5.96 Å². The summed E-state index contributed by atoms with van der Waals surface area (Å²) in [6.45, 7) is 10.6. The number of likely N-dealkylation sites (tertiary alicyclic amines) is 1. The van der Waals surface area contributed by atoms with Gasteiger partial charge in [-0.15, -0.1) is 24.0 Å². The van der Waals surface area contributed by atoms with E-state index in [4.69, 9.17) is 4.74 Å². The van der Waals surface area contributed by atoms with Gasteiger partial charge in [0.1, 0.15) is 5.75 Å². The van der Waals surface area contributed by atoms with E-state index in [0.29, 0.717) is 12.1 Å². The van der Waals surface area contributed by atoms with E-state index in [2.05, 4.69) is 59.5 Å². The van der Waals surface area contributed by atoms with Gasteiger partial charge in [0, 0.05) is 38.8 Å². The predicted octanol–water partition coefficient (Wildman–Crippen LogP) is 4.02. The van der Waals surface area contributed by atoms with E-state index >= 15 is 0 Å². The number of hydrogen-bond acceptors (Lipinski definition) is 3. The highest BCUT2D eigenvalue weighted by Crippen LogP contribution is 2.14. The van der Waals surface area contributed by atoms with Crippen molar-refractivity contribution in [1.29, 1.82) is 0 Å². The third-order valence-corrected chi connectivity index (χ3v) is 4.95. The quantitative estimate of drug-likeness (QED) is 0.251. The molecule has 0 amide bonds. The first-order valence-electron chi connectivity index (χ1n) is 10.0. The van der Waals surface area contributed by atoms with E-state index in [0.717, 1.165) is 50.8 Å². The molecule has 1 aromatic carbocycles. The molecule has 2 rings (SSSR count). The van der Waals surface area contributed by atoms with Crippen LogP contribution in [0.15, 0.2) is 29.3 Å². The van der Waals surface area contributed by atoms with Gasteiger partial charge in [-0.1, -0.05) is 25.5 Å². The average molecular weight is 488 g/mol. The molecule has 0 bridgehead atoms. The second-order valence-corrected chi connectivity index (χ2v) is 7.32. The van der Waals surface area contributed by atoms with E-state index in [1.807, 2.05) is 13.1 Å². The van der Waals surface area contributed by atoms with Gasteiger partial charge in [0.05, 0.1) is 6.61 Å². The number of benzene rings is 1. The Morgan fingerprint density at radius 1 is 1.30 bits per heavy atom. The summed E-state index contributed by atoms with van der Waals surface area (Å²) in [4.78, 5) is 6.92. The Morgan fingerprint density at radius 2 is 2.04 bits per heavy atom. The molecule has 2 N–H and O–H groups in total. The highest BCUT2D eigenvalue weighted by molar-refractivity contribution is 14.0. The van der Waals surface area contributed by atoms with Crippen LogP contribution in [0.3, 0.4) is 0 Å². The number of unbranched alkanes of at least 4 members (excludes halogenated alkanes) is 1. The Bertz CT molecular complexity index is 557. The van der Waals surface area contributed by atoms with Crippen molar-refractivity contribution < 1.29 is 4.74 Å². The molecule has 1 heterocycles. The fourth-order valence-corrected chi connectivity index (χ4v) is 3.21. The molecule has 0 radical (unpaired) electrons. The van der Waals surface area contributed by atoms with Crippen molar-refractivity contribution in [3.63, 3.8) is 0 Å². The number of rotatable bonds is 8. The van der Waals surface area contributed by atoms with Gasteiger partial charge in [-0.25, -0.2) is 0 Å². The fourth-order valence-electron chi connectivity index (χ4n) is 3.21. The lowest BCUT2D eigenvalue weighted by Crippen LogP contribution is -2.49. The number of ether oxygens (including phenoxy) is 1. The monoisotopic (exact) mass is 488 g/mol. The maximum atomic E-state index is 5.79. The van der Waals surface area contributed by atoms with E-state index in [9.17, 15) is 0 Å². The minimum atomic E-state index is 0. The van der Waals surface area contributed by atoms with E-state index < -0.39 is 0 Å². The van der Waals surface area contributed by atoms with Gasteiger partial charge in [0.25, 0.3) is 0 Å². The zero-order chi connectivity index (χ0) is 18.8. The zero-order valence-electron chi connectivity index (χ0n) is 17.3. The molecule has 0 unspecified atom stereocenters. The lowest BCUT2D eigenvalue weighted by molar-refractivity contribution is 0.167. The van der Waals surface area contributed by atoms with Crippen molar-refractivity contribution in [2.75, 3.05) is 26.7 Å². The number of aliphatic imine (C=N–C) groups is 1. The Morgan fingerprint density at radius 3 is 2.67 bits per heavy atom. The van der Waals surface area contributed by atoms with Crippen molar-refractivity contribution in [3.05, 3.63) is 29.8 Å². The molecule has 1 aromatic rings. The Kier molecular flexibility index (Phi) is 11.7. The van der Waals surface area contributed by atoms with Crippen LogP contribution in [-0.2, 0) is 6.54 Å². The van der Waals surface area contributed by atoms with Crippen molar-refractivity contribution in [3.8, 4) is 5.75 Å². The van der Waals surface area contributed by atoms with E-state index in [1.165, 1.54) is 18.4 Å². The molecular formula is C21H37IN4O. The van der Waals surface area contributed by atoms with Gasteiger partial charge < -0.3 is 20.3 Å². The predicted molar refractivity (Wildman–Crippen MR) is 125 cm³/mol. The molecule has 5 nitrogen and oxygen atoms in total. The van der Waals surface area contributed by atoms with Crippen LogP contribution in [0.4, 0.5) is 0 Å². The normalized spacial score (nSPS) is 16.1. The van der Waals surface area contributed by atoms with Gasteiger partial charge in [-0.2, -0.15) is 0 Å². The van der Waals surface area contributed by atoms with Gasteiger partial charge in [-0.3, -0.25) is 4.99 Å². The number of nitrogens with zero attached hydrogens (tertiary/aromatic N) is 2. The SMILES string of the molecule is CCCCOc1cccc(CNC(=NC)NC2CCN(C(C)C)CC2)c1.I. The molecule has 1 aliphatic rings. The lowest BCUT2D eigenvalue weighted by Gasteiger charge is -2.35. The van der Waals surface area contributed by atoms with Crippen LogP contribution in [0.25, 0.3) is 0 Å². The highest BCUT2D eigenvalue weighted by atomic mass is 127. The molecule has 0 aliphatic carbocycles. The molecule has 1 saturated heterocycles. The molecule has 6 heteroatoms. The Labute approximate surface area is 182 Å².